The number of carbonyl (C=O) groups excluding carboxylic acids is 1. The number of carbonyl (C=O) groups is 1. The zero-order chi connectivity index (χ0) is 18.7. The van der Waals surface area contributed by atoms with Gasteiger partial charge in [0.05, 0.1) is 5.54 Å². The molecule has 1 saturated heterocycles. The molecule has 4 nitrogen and oxygen atoms in total. The highest BCUT2D eigenvalue weighted by Gasteiger charge is 2.53. The molecule has 0 N–H and O–H groups in total. The highest BCUT2D eigenvalue weighted by Crippen LogP contribution is 2.45. The van der Waals surface area contributed by atoms with Crippen LogP contribution in [-0.4, -0.2) is 28.3 Å². The van der Waals surface area contributed by atoms with Crippen molar-refractivity contribution >= 4 is 12.1 Å². The molecule has 0 radical (unpaired) electrons. The maximum atomic E-state index is 11.0. The molecule has 1 aliphatic rings. The first-order chi connectivity index (χ1) is 11.8. The molecule has 1 aromatic carbocycles. The molecule has 0 saturated carbocycles. The predicted molar refractivity (Wildman–Crippen MR) is 102 cm³/mol. The van der Waals surface area contributed by atoms with Gasteiger partial charge in [-0.1, -0.05) is 51.1 Å². The van der Waals surface area contributed by atoms with Crippen LogP contribution in [0.25, 0.3) is 0 Å². The van der Waals surface area contributed by atoms with E-state index in [1.54, 1.807) is 0 Å². The Hall–Kier alpha value is -1.52. The summed E-state index contributed by atoms with van der Waals surface area (Å²) < 4.78 is 0. The van der Waals surface area contributed by atoms with E-state index in [2.05, 4.69) is 63.7 Å². The fourth-order valence-corrected chi connectivity index (χ4v) is 3.90. The maximum Gasteiger partial charge on any atom is 0.232 e. The van der Waals surface area contributed by atoms with Crippen LogP contribution in [0.2, 0.25) is 0 Å². The van der Waals surface area contributed by atoms with Gasteiger partial charge < -0.3 is 0 Å². The third-order valence-electron chi connectivity index (χ3n) is 6.18. The van der Waals surface area contributed by atoms with Crippen molar-refractivity contribution in [2.75, 3.05) is 0 Å². The molecule has 0 spiro atoms. The fourth-order valence-electron chi connectivity index (χ4n) is 3.90. The second-order valence-electron chi connectivity index (χ2n) is 7.64. The molecular formula is C21H32N2O2. The van der Waals surface area contributed by atoms with Gasteiger partial charge in [-0.25, -0.2) is 4.99 Å². The van der Waals surface area contributed by atoms with E-state index >= 15 is 0 Å². The van der Waals surface area contributed by atoms with Gasteiger partial charge in [0, 0.05) is 23.6 Å². The number of hydrogen-bond donors (Lipinski definition) is 0. The Kier molecular flexibility index (Phi) is 6.17. The van der Waals surface area contributed by atoms with E-state index in [1.807, 2.05) is 18.2 Å². The highest BCUT2D eigenvalue weighted by atomic mass is 16.7. The molecule has 25 heavy (non-hydrogen) atoms. The average molecular weight is 344 g/mol. The van der Waals surface area contributed by atoms with Crippen molar-refractivity contribution in [1.29, 1.82) is 0 Å². The Bertz CT molecular complexity index is 616. The molecule has 4 heteroatoms. The molecule has 1 amide bonds. The van der Waals surface area contributed by atoms with Crippen molar-refractivity contribution < 1.29 is 9.63 Å². The van der Waals surface area contributed by atoms with Crippen molar-refractivity contribution in [2.45, 2.75) is 78.0 Å². The number of amides is 1. The fraction of sp³-hybridized carbons (Fsp3) is 0.619. The number of benzene rings is 1. The van der Waals surface area contributed by atoms with Gasteiger partial charge in [0.25, 0.3) is 0 Å². The number of hydroxylamine groups is 2. The lowest BCUT2D eigenvalue weighted by molar-refractivity contribution is -0.309. The van der Waals surface area contributed by atoms with Gasteiger partial charge in [-0.05, 0) is 39.2 Å². The SMILES string of the molecule is CCC1(C)CC(=NC=O)C(C)C(C)(CC)N1OC(C)c1ccccc1. The second kappa shape index (κ2) is 7.79. The van der Waals surface area contributed by atoms with Gasteiger partial charge in [-0.3, -0.25) is 9.63 Å². The lowest BCUT2D eigenvalue weighted by Crippen LogP contribution is -2.66. The molecule has 4 atom stereocenters. The van der Waals surface area contributed by atoms with Crippen LogP contribution in [0.1, 0.15) is 72.5 Å². The number of piperidine rings is 1. The summed E-state index contributed by atoms with van der Waals surface area (Å²) in [4.78, 5) is 21.8. The predicted octanol–water partition coefficient (Wildman–Crippen LogP) is 4.96. The first-order valence-corrected chi connectivity index (χ1v) is 9.34. The highest BCUT2D eigenvalue weighted by molar-refractivity contribution is 5.93. The van der Waals surface area contributed by atoms with Gasteiger partial charge in [0.15, 0.2) is 0 Å². The molecule has 1 aliphatic heterocycles. The molecule has 0 aromatic heterocycles. The van der Waals surface area contributed by atoms with E-state index < -0.39 is 0 Å². The molecular weight excluding hydrogens is 312 g/mol. The van der Waals surface area contributed by atoms with Gasteiger partial charge in [0.2, 0.25) is 6.41 Å². The van der Waals surface area contributed by atoms with Crippen molar-refractivity contribution in [3.8, 4) is 0 Å². The molecule has 138 valence electrons. The Labute approximate surface area is 152 Å². The smallest absolute Gasteiger partial charge is 0.232 e. The molecule has 1 heterocycles. The lowest BCUT2D eigenvalue weighted by Gasteiger charge is -2.57. The Morgan fingerprint density at radius 1 is 1.28 bits per heavy atom. The zero-order valence-corrected chi connectivity index (χ0v) is 16.5. The van der Waals surface area contributed by atoms with Crippen LogP contribution in [-0.2, 0) is 9.63 Å². The Morgan fingerprint density at radius 2 is 1.92 bits per heavy atom. The second-order valence-corrected chi connectivity index (χ2v) is 7.64. The van der Waals surface area contributed by atoms with E-state index in [-0.39, 0.29) is 23.1 Å². The minimum absolute atomic E-state index is 0.0327. The third kappa shape index (κ3) is 3.70. The number of aliphatic imine (C=N–C) groups is 1. The van der Waals surface area contributed by atoms with E-state index in [0.717, 1.165) is 25.0 Å². The summed E-state index contributed by atoms with van der Waals surface area (Å²) in [5.41, 5.74) is 1.74. The third-order valence-corrected chi connectivity index (χ3v) is 6.18. The summed E-state index contributed by atoms with van der Waals surface area (Å²) in [6.45, 7) is 13.0. The molecule has 1 aromatic rings. The molecule has 1 fully saturated rings. The van der Waals surface area contributed by atoms with Gasteiger partial charge in [-0.15, -0.1) is 0 Å². The Balaban J connectivity index is 2.41. The normalized spacial score (nSPS) is 33.4. The van der Waals surface area contributed by atoms with Crippen molar-refractivity contribution in [3.63, 3.8) is 0 Å². The van der Waals surface area contributed by atoms with Crippen molar-refractivity contribution in [1.82, 2.24) is 5.06 Å². The summed E-state index contributed by atoms with van der Waals surface area (Å²) in [5, 5.41) is 2.21. The van der Waals surface area contributed by atoms with Crippen LogP contribution in [0.15, 0.2) is 35.3 Å². The number of nitrogens with zero attached hydrogens (tertiary/aromatic N) is 2. The van der Waals surface area contributed by atoms with E-state index in [0.29, 0.717) is 6.41 Å². The molecule has 4 unspecified atom stereocenters. The number of rotatable bonds is 6. The van der Waals surface area contributed by atoms with E-state index in [1.165, 1.54) is 5.56 Å². The van der Waals surface area contributed by atoms with Crippen LogP contribution < -0.4 is 0 Å². The molecule has 0 bridgehead atoms. The summed E-state index contributed by atoms with van der Waals surface area (Å²) in [7, 11) is 0. The first kappa shape index (κ1) is 19.8. The maximum absolute atomic E-state index is 11.0. The zero-order valence-electron chi connectivity index (χ0n) is 16.5. The van der Waals surface area contributed by atoms with Crippen LogP contribution in [0.3, 0.4) is 0 Å². The minimum atomic E-state index is -0.214. The Morgan fingerprint density at radius 3 is 2.44 bits per heavy atom. The lowest BCUT2D eigenvalue weighted by atomic mass is 9.70. The monoisotopic (exact) mass is 344 g/mol. The van der Waals surface area contributed by atoms with Crippen molar-refractivity contribution in [3.05, 3.63) is 35.9 Å². The van der Waals surface area contributed by atoms with Crippen LogP contribution in [0.5, 0.6) is 0 Å². The van der Waals surface area contributed by atoms with E-state index in [4.69, 9.17) is 4.84 Å². The summed E-state index contributed by atoms with van der Waals surface area (Å²) in [5.74, 6) is 0.158. The summed E-state index contributed by atoms with van der Waals surface area (Å²) in [6.07, 6.45) is 3.24. The largest absolute Gasteiger partial charge is 0.290 e. The van der Waals surface area contributed by atoms with E-state index in [9.17, 15) is 4.79 Å². The average Bonchev–Trinajstić information content (AvgIpc) is 2.64. The van der Waals surface area contributed by atoms with Gasteiger partial charge in [-0.2, -0.15) is 5.06 Å². The van der Waals surface area contributed by atoms with Gasteiger partial charge in [0.1, 0.15) is 6.10 Å². The number of hydrogen-bond acceptors (Lipinski definition) is 3. The standard InChI is InChI=1S/C21H32N2O2/c1-7-20(5)14-19(22-15-24)16(3)21(6,8-2)23(20)25-17(4)18-12-10-9-11-13-18/h9-13,15-17H,7-8,14H2,1-6H3. The quantitative estimate of drug-likeness (QED) is 0.685. The van der Waals surface area contributed by atoms with Crippen LogP contribution >= 0.6 is 0 Å². The summed E-state index contributed by atoms with van der Waals surface area (Å²) >= 11 is 0. The van der Waals surface area contributed by atoms with Crippen LogP contribution in [0.4, 0.5) is 0 Å². The first-order valence-electron chi connectivity index (χ1n) is 9.34. The molecule has 2 rings (SSSR count). The van der Waals surface area contributed by atoms with Crippen molar-refractivity contribution in [2.24, 2.45) is 10.9 Å². The van der Waals surface area contributed by atoms with Crippen LogP contribution in [0, 0.1) is 5.92 Å². The molecule has 0 aliphatic carbocycles. The topological polar surface area (TPSA) is 41.9 Å². The summed E-state index contributed by atoms with van der Waals surface area (Å²) in [6, 6.07) is 10.3. The van der Waals surface area contributed by atoms with Gasteiger partial charge >= 0.3 is 0 Å². The minimum Gasteiger partial charge on any atom is -0.290 e.